The minimum Gasteiger partial charge on any atom is -0.339 e. The molecule has 0 aliphatic carbocycles. The molecule has 6 nitrogen and oxygen atoms in total. The molecule has 0 saturated heterocycles. The van der Waals surface area contributed by atoms with Gasteiger partial charge in [0.1, 0.15) is 5.52 Å². The van der Waals surface area contributed by atoms with Gasteiger partial charge in [0.15, 0.2) is 11.5 Å². The number of imidazole rings is 1. The van der Waals surface area contributed by atoms with E-state index in [1.54, 1.807) is 17.4 Å². The summed E-state index contributed by atoms with van der Waals surface area (Å²) in [6.07, 6.45) is 3.42. The van der Waals surface area contributed by atoms with Crippen LogP contribution in [0.2, 0.25) is 0 Å². The molecule has 3 rings (SSSR count). The highest BCUT2D eigenvalue weighted by molar-refractivity contribution is 5.95. The zero-order valence-electron chi connectivity index (χ0n) is 13.5. The van der Waals surface area contributed by atoms with Gasteiger partial charge in [-0.3, -0.25) is 4.79 Å². The van der Waals surface area contributed by atoms with Gasteiger partial charge in [-0.1, -0.05) is 12.1 Å². The molecular weight excluding hydrogens is 290 g/mol. The van der Waals surface area contributed by atoms with Crippen molar-refractivity contribution in [2.24, 2.45) is 7.05 Å². The van der Waals surface area contributed by atoms with Crippen LogP contribution in [0.25, 0.3) is 22.6 Å². The fourth-order valence-electron chi connectivity index (χ4n) is 2.54. The fraction of sp³-hybridized carbons (Fsp3) is 0.294. The van der Waals surface area contributed by atoms with Crippen LogP contribution in [0, 0.1) is 0 Å². The highest BCUT2D eigenvalue weighted by Crippen LogP contribution is 2.19. The van der Waals surface area contributed by atoms with Crippen LogP contribution in [-0.2, 0) is 7.05 Å². The Bertz CT molecular complexity index is 851. The van der Waals surface area contributed by atoms with Crippen LogP contribution in [0.1, 0.15) is 24.2 Å². The molecule has 6 heteroatoms. The van der Waals surface area contributed by atoms with E-state index < -0.39 is 0 Å². The molecule has 118 valence electrons. The summed E-state index contributed by atoms with van der Waals surface area (Å²) in [5.74, 6) is 0.619. The predicted molar refractivity (Wildman–Crippen MR) is 89.0 cm³/mol. The van der Waals surface area contributed by atoms with Gasteiger partial charge in [-0.05, 0) is 26.0 Å². The molecule has 0 spiro atoms. The molecule has 0 fully saturated rings. The lowest BCUT2D eigenvalue weighted by Gasteiger charge is -2.18. The average molecular weight is 309 g/mol. The van der Waals surface area contributed by atoms with Gasteiger partial charge in [-0.25, -0.2) is 15.0 Å². The topological polar surface area (TPSA) is 63.9 Å². The monoisotopic (exact) mass is 309 g/mol. The van der Waals surface area contributed by atoms with Crippen molar-refractivity contribution < 1.29 is 4.79 Å². The van der Waals surface area contributed by atoms with Gasteiger partial charge in [0.05, 0.1) is 12.5 Å². The summed E-state index contributed by atoms with van der Waals surface area (Å²) in [7, 11) is 1.90. The summed E-state index contributed by atoms with van der Waals surface area (Å²) in [6.45, 7) is 5.34. The third-order valence-electron chi connectivity index (χ3n) is 3.87. The van der Waals surface area contributed by atoms with Crippen LogP contribution in [0.3, 0.4) is 0 Å². The first kappa shape index (κ1) is 15.1. The number of rotatable bonds is 4. The molecular formula is C17H19N5O. The van der Waals surface area contributed by atoms with E-state index in [-0.39, 0.29) is 5.91 Å². The Labute approximate surface area is 134 Å². The molecule has 3 aromatic rings. The van der Waals surface area contributed by atoms with E-state index in [2.05, 4.69) is 15.0 Å². The number of carbonyl (C=O) groups excluding carboxylic acids is 1. The number of hydrogen-bond donors (Lipinski definition) is 0. The second-order valence-electron chi connectivity index (χ2n) is 5.32. The largest absolute Gasteiger partial charge is 0.339 e. The lowest BCUT2D eigenvalue weighted by Crippen LogP contribution is -2.30. The Hall–Kier alpha value is -2.76. The Morgan fingerprint density at radius 1 is 1.22 bits per heavy atom. The van der Waals surface area contributed by atoms with E-state index in [9.17, 15) is 4.79 Å². The van der Waals surface area contributed by atoms with E-state index in [1.807, 2.05) is 49.7 Å². The van der Waals surface area contributed by atoms with E-state index in [0.29, 0.717) is 24.5 Å². The molecule has 0 aliphatic rings. The third kappa shape index (κ3) is 2.79. The standard InChI is InChI=1S/C17H19N5O/c1-4-22(5-2)17(23)13-8-6-7-12(9-13)15-18-10-14-16(20-15)21(3)11-19-14/h6-11H,4-5H2,1-3H3. The molecule has 0 saturated carbocycles. The quantitative estimate of drug-likeness (QED) is 0.743. The zero-order chi connectivity index (χ0) is 16.4. The summed E-state index contributed by atoms with van der Waals surface area (Å²) >= 11 is 0. The van der Waals surface area contributed by atoms with E-state index in [0.717, 1.165) is 16.7 Å². The van der Waals surface area contributed by atoms with Crippen molar-refractivity contribution in [2.75, 3.05) is 13.1 Å². The lowest BCUT2D eigenvalue weighted by atomic mass is 10.1. The normalized spacial score (nSPS) is 10.9. The van der Waals surface area contributed by atoms with Crippen molar-refractivity contribution in [1.29, 1.82) is 0 Å². The molecule has 0 aliphatic heterocycles. The highest BCUT2D eigenvalue weighted by Gasteiger charge is 2.14. The molecule has 23 heavy (non-hydrogen) atoms. The number of hydrogen-bond acceptors (Lipinski definition) is 4. The Morgan fingerprint density at radius 2 is 2.00 bits per heavy atom. The average Bonchev–Trinajstić information content (AvgIpc) is 2.96. The van der Waals surface area contributed by atoms with Crippen LogP contribution in [-0.4, -0.2) is 43.4 Å². The van der Waals surface area contributed by atoms with Gasteiger partial charge in [0, 0.05) is 31.3 Å². The second kappa shape index (κ2) is 6.16. The number of amides is 1. The zero-order valence-corrected chi connectivity index (χ0v) is 13.5. The van der Waals surface area contributed by atoms with Crippen molar-refractivity contribution >= 4 is 17.1 Å². The maximum Gasteiger partial charge on any atom is 0.253 e. The van der Waals surface area contributed by atoms with Gasteiger partial charge in [-0.2, -0.15) is 0 Å². The summed E-state index contributed by atoms with van der Waals surface area (Å²) in [5, 5.41) is 0. The van der Waals surface area contributed by atoms with Crippen molar-refractivity contribution in [1.82, 2.24) is 24.4 Å². The van der Waals surface area contributed by atoms with Crippen molar-refractivity contribution in [3.05, 3.63) is 42.4 Å². The fourth-order valence-corrected chi connectivity index (χ4v) is 2.54. The van der Waals surface area contributed by atoms with E-state index in [4.69, 9.17) is 0 Å². The summed E-state index contributed by atoms with van der Waals surface area (Å²) in [5.41, 5.74) is 3.01. The second-order valence-corrected chi connectivity index (χ2v) is 5.32. The minimum atomic E-state index is 0.0264. The molecule has 1 amide bonds. The van der Waals surface area contributed by atoms with Crippen molar-refractivity contribution in [3.63, 3.8) is 0 Å². The summed E-state index contributed by atoms with van der Waals surface area (Å²) in [4.78, 5) is 27.4. The lowest BCUT2D eigenvalue weighted by molar-refractivity contribution is 0.0773. The number of nitrogens with zero attached hydrogens (tertiary/aromatic N) is 5. The maximum atomic E-state index is 12.5. The first-order valence-electron chi connectivity index (χ1n) is 7.67. The van der Waals surface area contributed by atoms with Gasteiger partial charge in [-0.15, -0.1) is 0 Å². The maximum absolute atomic E-state index is 12.5. The van der Waals surface area contributed by atoms with Gasteiger partial charge in [0.25, 0.3) is 5.91 Å². The number of aryl methyl sites for hydroxylation is 1. The molecule has 0 bridgehead atoms. The van der Waals surface area contributed by atoms with E-state index >= 15 is 0 Å². The third-order valence-corrected chi connectivity index (χ3v) is 3.87. The highest BCUT2D eigenvalue weighted by atomic mass is 16.2. The van der Waals surface area contributed by atoms with Crippen LogP contribution in [0.5, 0.6) is 0 Å². The van der Waals surface area contributed by atoms with Crippen LogP contribution in [0.4, 0.5) is 0 Å². The predicted octanol–water partition coefficient (Wildman–Crippen LogP) is 2.51. The summed E-state index contributed by atoms with van der Waals surface area (Å²) in [6, 6.07) is 7.45. The number of benzene rings is 1. The first-order valence-corrected chi connectivity index (χ1v) is 7.67. The first-order chi connectivity index (χ1) is 11.1. The molecule has 0 atom stereocenters. The molecule has 2 aromatic heterocycles. The van der Waals surface area contributed by atoms with Crippen molar-refractivity contribution in [2.45, 2.75) is 13.8 Å². The molecule has 0 N–H and O–H groups in total. The number of aromatic nitrogens is 4. The van der Waals surface area contributed by atoms with Crippen LogP contribution >= 0.6 is 0 Å². The van der Waals surface area contributed by atoms with Gasteiger partial charge < -0.3 is 9.47 Å². The molecule has 0 radical (unpaired) electrons. The molecule has 2 heterocycles. The van der Waals surface area contributed by atoms with Crippen molar-refractivity contribution in [3.8, 4) is 11.4 Å². The van der Waals surface area contributed by atoms with Crippen LogP contribution in [0.15, 0.2) is 36.8 Å². The molecule has 1 aromatic carbocycles. The minimum absolute atomic E-state index is 0.0264. The smallest absolute Gasteiger partial charge is 0.253 e. The van der Waals surface area contributed by atoms with Crippen LogP contribution < -0.4 is 0 Å². The Kier molecular flexibility index (Phi) is 4.06. The SMILES string of the molecule is CCN(CC)C(=O)c1cccc(-c2ncc3ncn(C)c3n2)c1. The Balaban J connectivity index is 2.01. The van der Waals surface area contributed by atoms with Gasteiger partial charge >= 0.3 is 0 Å². The number of carbonyl (C=O) groups is 1. The number of fused-ring (bicyclic) bond motifs is 1. The Morgan fingerprint density at radius 3 is 2.74 bits per heavy atom. The molecule has 0 unspecified atom stereocenters. The van der Waals surface area contributed by atoms with E-state index in [1.165, 1.54) is 0 Å². The summed E-state index contributed by atoms with van der Waals surface area (Å²) < 4.78 is 1.85. The van der Waals surface area contributed by atoms with Gasteiger partial charge in [0.2, 0.25) is 0 Å².